The minimum atomic E-state index is -0.187. The fourth-order valence-electron chi connectivity index (χ4n) is 1.52. The van der Waals surface area contributed by atoms with Crippen LogP contribution in [0.3, 0.4) is 0 Å². The molecule has 0 atom stereocenters. The van der Waals surface area contributed by atoms with Crippen molar-refractivity contribution >= 4 is 29.1 Å². The minimum Gasteiger partial charge on any atom is -0.469 e. The number of esters is 1. The number of thiazole rings is 1. The van der Waals surface area contributed by atoms with E-state index in [-0.39, 0.29) is 5.97 Å². The van der Waals surface area contributed by atoms with Gasteiger partial charge in [0, 0.05) is 16.7 Å². The van der Waals surface area contributed by atoms with Gasteiger partial charge in [-0.05, 0) is 12.1 Å². The third-order valence-electron chi connectivity index (χ3n) is 2.52. The van der Waals surface area contributed by atoms with E-state index in [9.17, 15) is 4.79 Å². The van der Waals surface area contributed by atoms with Gasteiger partial charge in [0.25, 0.3) is 0 Å². The molecular weight excluding hydrogens is 278 g/mol. The molecule has 3 nitrogen and oxygen atoms in total. The molecular formula is C14H15NO2S2. The van der Waals surface area contributed by atoms with E-state index in [1.165, 1.54) is 12.0 Å². The summed E-state index contributed by atoms with van der Waals surface area (Å²) in [6.45, 7) is 0. The number of aromatic nitrogens is 1. The summed E-state index contributed by atoms with van der Waals surface area (Å²) in [6, 6.07) is 10.3. The standard InChI is InChI=1S/C14H15NO2S2/c1-17-14(16)8-7-11-9-19-13(15-11)10-18-12-5-3-2-4-6-12/h2-6,9H,7-8,10H2,1H3. The minimum absolute atomic E-state index is 0.187. The van der Waals surface area contributed by atoms with Crippen LogP contribution in [0.25, 0.3) is 0 Å². The van der Waals surface area contributed by atoms with Crippen molar-refractivity contribution in [3.05, 3.63) is 46.4 Å². The Morgan fingerprint density at radius 3 is 2.89 bits per heavy atom. The zero-order valence-electron chi connectivity index (χ0n) is 10.7. The van der Waals surface area contributed by atoms with Gasteiger partial charge in [0.2, 0.25) is 0 Å². The van der Waals surface area contributed by atoms with E-state index in [1.54, 1.807) is 23.1 Å². The summed E-state index contributed by atoms with van der Waals surface area (Å²) in [4.78, 5) is 16.8. The lowest BCUT2D eigenvalue weighted by Gasteiger charge is -1.98. The SMILES string of the molecule is COC(=O)CCc1csc(CSc2ccccc2)n1. The molecule has 0 N–H and O–H groups in total. The van der Waals surface area contributed by atoms with E-state index in [4.69, 9.17) is 0 Å². The number of aryl methyl sites for hydroxylation is 1. The molecule has 100 valence electrons. The smallest absolute Gasteiger partial charge is 0.305 e. The number of rotatable bonds is 6. The maximum absolute atomic E-state index is 11.1. The predicted molar refractivity (Wildman–Crippen MR) is 78.5 cm³/mol. The lowest BCUT2D eigenvalue weighted by Crippen LogP contribution is -2.02. The van der Waals surface area contributed by atoms with E-state index in [0.717, 1.165) is 16.5 Å². The van der Waals surface area contributed by atoms with Gasteiger partial charge in [0.15, 0.2) is 0 Å². The summed E-state index contributed by atoms with van der Waals surface area (Å²) < 4.78 is 4.62. The van der Waals surface area contributed by atoms with Crippen molar-refractivity contribution in [1.82, 2.24) is 4.98 Å². The van der Waals surface area contributed by atoms with Crippen molar-refractivity contribution in [1.29, 1.82) is 0 Å². The van der Waals surface area contributed by atoms with Crippen molar-refractivity contribution in [2.75, 3.05) is 7.11 Å². The van der Waals surface area contributed by atoms with E-state index < -0.39 is 0 Å². The number of thioether (sulfide) groups is 1. The van der Waals surface area contributed by atoms with Gasteiger partial charge in [-0.2, -0.15) is 0 Å². The molecule has 0 saturated heterocycles. The molecule has 1 aromatic carbocycles. The Hall–Kier alpha value is -1.33. The molecule has 0 saturated carbocycles. The maximum Gasteiger partial charge on any atom is 0.305 e. The highest BCUT2D eigenvalue weighted by Gasteiger charge is 2.06. The lowest BCUT2D eigenvalue weighted by atomic mass is 10.2. The van der Waals surface area contributed by atoms with Crippen molar-refractivity contribution in [3.8, 4) is 0 Å². The highest BCUT2D eigenvalue weighted by Crippen LogP contribution is 2.24. The molecule has 0 aliphatic carbocycles. The maximum atomic E-state index is 11.1. The fraction of sp³-hybridized carbons (Fsp3) is 0.286. The Morgan fingerprint density at radius 1 is 1.37 bits per heavy atom. The van der Waals surface area contributed by atoms with E-state index >= 15 is 0 Å². The first-order chi connectivity index (χ1) is 9.28. The molecule has 1 heterocycles. The van der Waals surface area contributed by atoms with Gasteiger partial charge >= 0.3 is 5.97 Å². The van der Waals surface area contributed by atoms with Crippen LogP contribution in [0.1, 0.15) is 17.1 Å². The Kier molecular flexibility index (Phi) is 5.42. The fourth-order valence-corrected chi connectivity index (χ4v) is 3.29. The molecule has 5 heteroatoms. The number of carbonyl (C=O) groups excluding carboxylic acids is 1. The Morgan fingerprint density at radius 2 is 2.16 bits per heavy atom. The van der Waals surface area contributed by atoms with Crippen molar-refractivity contribution in [3.63, 3.8) is 0 Å². The van der Waals surface area contributed by atoms with E-state index in [0.29, 0.717) is 12.8 Å². The van der Waals surface area contributed by atoms with Crippen LogP contribution < -0.4 is 0 Å². The van der Waals surface area contributed by atoms with Crippen LogP contribution >= 0.6 is 23.1 Å². The monoisotopic (exact) mass is 293 g/mol. The summed E-state index contributed by atoms with van der Waals surface area (Å²) >= 11 is 3.42. The zero-order valence-corrected chi connectivity index (χ0v) is 12.3. The van der Waals surface area contributed by atoms with Crippen LogP contribution in [-0.4, -0.2) is 18.1 Å². The van der Waals surface area contributed by atoms with Gasteiger partial charge in [-0.15, -0.1) is 23.1 Å². The number of nitrogens with zero attached hydrogens (tertiary/aromatic N) is 1. The number of hydrogen-bond acceptors (Lipinski definition) is 5. The molecule has 0 radical (unpaired) electrons. The number of methoxy groups -OCH3 is 1. The van der Waals surface area contributed by atoms with E-state index in [2.05, 4.69) is 21.9 Å². The van der Waals surface area contributed by atoms with Gasteiger partial charge < -0.3 is 4.74 Å². The summed E-state index contributed by atoms with van der Waals surface area (Å²) in [5.74, 6) is 0.681. The largest absolute Gasteiger partial charge is 0.469 e. The van der Waals surface area contributed by atoms with Crippen LogP contribution in [0.2, 0.25) is 0 Å². The summed E-state index contributed by atoms with van der Waals surface area (Å²) in [7, 11) is 1.41. The normalized spacial score (nSPS) is 10.4. The summed E-state index contributed by atoms with van der Waals surface area (Å²) in [5, 5.41) is 3.11. The third-order valence-corrected chi connectivity index (χ3v) is 4.62. The van der Waals surface area contributed by atoms with E-state index in [1.807, 2.05) is 23.6 Å². The van der Waals surface area contributed by atoms with Gasteiger partial charge in [-0.1, -0.05) is 18.2 Å². The second-order valence-corrected chi connectivity index (χ2v) is 5.90. The first-order valence-electron chi connectivity index (χ1n) is 5.96. The van der Waals surface area contributed by atoms with Crippen LogP contribution in [0.5, 0.6) is 0 Å². The van der Waals surface area contributed by atoms with Gasteiger partial charge in [-0.3, -0.25) is 4.79 Å². The number of carbonyl (C=O) groups is 1. The second kappa shape index (κ2) is 7.31. The molecule has 2 rings (SSSR count). The quantitative estimate of drug-likeness (QED) is 0.603. The highest BCUT2D eigenvalue weighted by molar-refractivity contribution is 7.98. The first-order valence-corrected chi connectivity index (χ1v) is 7.82. The predicted octanol–water partition coefficient (Wildman–Crippen LogP) is 3.54. The second-order valence-electron chi connectivity index (χ2n) is 3.91. The molecule has 0 amide bonds. The van der Waals surface area contributed by atoms with Crippen molar-refractivity contribution in [2.45, 2.75) is 23.5 Å². The van der Waals surface area contributed by atoms with Crippen molar-refractivity contribution in [2.24, 2.45) is 0 Å². The molecule has 19 heavy (non-hydrogen) atoms. The third kappa shape index (κ3) is 4.69. The molecule has 0 aliphatic rings. The Balaban J connectivity index is 1.82. The average molecular weight is 293 g/mol. The van der Waals surface area contributed by atoms with Crippen LogP contribution in [-0.2, 0) is 21.7 Å². The van der Waals surface area contributed by atoms with Gasteiger partial charge in [-0.25, -0.2) is 4.98 Å². The molecule has 0 unspecified atom stereocenters. The lowest BCUT2D eigenvalue weighted by molar-refractivity contribution is -0.140. The zero-order chi connectivity index (χ0) is 13.5. The van der Waals surface area contributed by atoms with Crippen LogP contribution in [0, 0.1) is 0 Å². The Labute approximate surface area is 121 Å². The summed E-state index contributed by atoms with van der Waals surface area (Å²) in [6.07, 6.45) is 1.05. The average Bonchev–Trinajstić information content (AvgIpc) is 2.91. The number of benzene rings is 1. The molecule has 0 fully saturated rings. The Bertz CT molecular complexity index is 525. The van der Waals surface area contributed by atoms with Crippen LogP contribution in [0.4, 0.5) is 0 Å². The molecule has 0 aliphatic heterocycles. The topological polar surface area (TPSA) is 39.2 Å². The highest BCUT2D eigenvalue weighted by atomic mass is 32.2. The number of hydrogen-bond donors (Lipinski definition) is 0. The molecule has 1 aromatic heterocycles. The molecule has 2 aromatic rings. The van der Waals surface area contributed by atoms with Gasteiger partial charge in [0.1, 0.15) is 5.01 Å². The molecule has 0 bridgehead atoms. The number of ether oxygens (including phenoxy) is 1. The molecule has 0 spiro atoms. The van der Waals surface area contributed by atoms with Crippen molar-refractivity contribution < 1.29 is 9.53 Å². The first kappa shape index (κ1) is 14.1. The summed E-state index contributed by atoms with van der Waals surface area (Å²) in [5.41, 5.74) is 0.971. The van der Waals surface area contributed by atoms with Gasteiger partial charge in [0.05, 0.1) is 25.0 Å². The van der Waals surface area contributed by atoms with Crippen LogP contribution in [0.15, 0.2) is 40.6 Å².